The van der Waals surface area contributed by atoms with Crippen LogP contribution < -0.4 is 11.5 Å². The maximum absolute atomic E-state index is 11.2. The molecule has 0 bridgehead atoms. The minimum absolute atomic E-state index is 0.275. The van der Waals surface area contributed by atoms with Crippen LogP contribution in [0.5, 0.6) is 0 Å². The van der Waals surface area contributed by atoms with Crippen LogP contribution in [0.15, 0.2) is 22.7 Å². The average Bonchev–Trinajstić information content (AvgIpc) is 2.84. The van der Waals surface area contributed by atoms with Crippen molar-refractivity contribution in [3.8, 4) is 0 Å². The molecule has 4 nitrogen and oxygen atoms in total. The highest BCUT2D eigenvalue weighted by Crippen LogP contribution is 2.26. The van der Waals surface area contributed by atoms with Gasteiger partial charge in [-0.1, -0.05) is 34.8 Å². The van der Waals surface area contributed by atoms with Gasteiger partial charge in [0.05, 0.1) is 6.54 Å². The SMILES string of the molecule is NC(=O)CN(Cc1ccc(Br)cc1N)C1CCCC1. The second kappa shape index (κ2) is 6.39. The van der Waals surface area contributed by atoms with Crippen LogP contribution in [-0.2, 0) is 11.3 Å². The topological polar surface area (TPSA) is 72.4 Å². The van der Waals surface area contributed by atoms with Crippen molar-refractivity contribution >= 4 is 27.5 Å². The van der Waals surface area contributed by atoms with E-state index in [1.165, 1.54) is 12.8 Å². The van der Waals surface area contributed by atoms with Crippen LogP contribution in [0.3, 0.4) is 0 Å². The highest BCUT2D eigenvalue weighted by atomic mass is 79.9. The Hall–Kier alpha value is -1.07. The Morgan fingerprint density at radius 2 is 2.05 bits per heavy atom. The lowest BCUT2D eigenvalue weighted by Gasteiger charge is -2.28. The highest BCUT2D eigenvalue weighted by Gasteiger charge is 2.24. The quantitative estimate of drug-likeness (QED) is 0.815. The molecule has 0 aromatic heterocycles. The summed E-state index contributed by atoms with van der Waals surface area (Å²) in [6.45, 7) is 0.993. The molecule has 2 rings (SSSR count). The lowest BCUT2D eigenvalue weighted by Crippen LogP contribution is -2.39. The van der Waals surface area contributed by atoms with E-state index in [-0.39, 0.29) is 5.91 Å². The predicted octanol–water partition coefficient (Wildman–Crippen LogP) is 2.26. The number of amides is 1. The molecule has 1 aromatic rings. The summed E-state index contributed by atoms with van der Waals surface area (Å²) in [5, 5.41) is 0. The van der Waals surface area contributed by atoms with Gasteiger partial charge in [-0.05, 0) is 30.5 Å². The Kier molecular flexibility index (Phi) is 4.82. The van der Waals surface area contributed by atoms with Gasteiger partial charge in [0.25, 0.3) is 0 Å². The van der Waals surface area contributed by atoms with E-state index >= 15 is 0 Å². The van der Waals surface area contributed by atoms with Gasteiger partial charge in [-0.2, -0.15) is 0 Å². The van der Waals surface area contributed by atoms with E-state index in [2.05, 4.69) is 20.8 Å². The largest absolute Gasteiger partial charge is 0.398 e. The number of nitrogens with zero attached hydrogens (tertiary/aromatic N) is 1. The maximum atomic E-state index is 11.2. The van der Waals surface area contributed by atoms with E-state index in [0.29, 0.717) is 19.1 Å². The average molecular weight is 326 g/mol. The second-order valence-electron chi connectivity index (χ2n) is 5.15. The first-order chi connectivity index (χ1) is 9.06. The van der Waals surface area contributed by atoms with Gasteiger partial charge in [0.1, 0.15) is 0 Å². The number of carbonyl (C=O) groups excluding carboxylic acids is 1. The smallest absolute Gasteiger partial charge is 0.231 e. The van der Waals surface area contributed by atoms with Crippen LogP contribution in [0.4, 0.5) is 5.69 Å². The minimum atomic E-state index is -0.275. The zero-order valence-electron chi connectivity index (χ0n) is 10.9. The fourth-order valence-electron chi connectivity index (χ4n) is 2.71. The Labute approximate surface area is 122 Å². The first kappa shape index (κ1) is 14.3. The van der Waals surface area contributed by atoms with Crippen LogP contribution >= 0.6 is 15.9 Å². The van der Waals surface area contributed by atoms with E-state index in [0.717, 1.165) is 28.6 Å². The molecule has 0 saturated heterocycles. The minimum Gasteiger partial charge on any atom is -0.398 e. The normalized spacial score (nSPS) is 16.1. The number of primary amides is 1. The molecule has 0 spiro atoms. The van der Waals surface area contributed by atoms with E-state index < -0.39 is 0 Å². The molecule has 0 radical (unpaired) electrons. The lowest BCUT2D eigenvalue weighted by molar-refractivity contribution is -0.119. The summed E-state index contributed by atoms with van der Waals surface area (Å²) in [6.07, 6.45) is 4.75. The van der Waals surface area contributed by atoms with Crippen molar-refractivity contribution in [1.29, 1.82) is 0 Å². The molecular formula is C14H20BrN3O. The van der Waals surface area contributed by atoms with Crippen LogP contribution in [0, 0.1) is 0 Å². The van der Waals surface area contributed by atoms with Gasteiger partial charge >= 0.3 is 0 Å². The molecule has 0 unspecified atom stereocenters. The summed E-state index contributed by atoms with van der Waals surface area (Å²) in [5.41, 5.74) is 13.2. The summed E-state index contributed by atoms with van der Waals surface area (Å²) < 4.78 is 0.969. The fourth-order valence-corrected chi connectivity index (χ4v) is 3.09. The molecule has 19 heavy (non-hydrogen) atoms. The number of hydrogen-bond donors (Lipinski definition) is 2. The Morgan fingerprint density at radius 3 is 2.63 bits per heavy atom. The first-order valence-corrected chi connectivity index (χ1v) is 7.42. The summed E-state index contributed by atoms with van der Waals surface area (Å²) in [5.74, 6) is -0.275. The highest BCUT2D eigenvalue weighted by molar-refractivity contribution is 9.10. The van der Waals surface area contributed by atoms with Gasteiger partial charge in [0.15, 0.2) is 0 Å². The predicted molar refractivity (Wildman–Crippen MR) is 80.4 cm³/mol. The molecule has 0 atom stereocenters. The molecule has 5 heteroatoms. The van der Waals surface area contributed by atoms with Crippen molar-refractivity contribution in [1.82, 2.24) is 4.90 Å². The number of rotatable bonds is 5. The number of nitrogens with two attached hydrogens (primary N) is 2. The van der Waals surface area contributed by atoms with Gasteiger partial charge in [-0.25, -0.2) is 0 Å². The van der Waals surface area contributed by atoms with Gasteiger partial charge in [-0.3, -0.25) is 9.69 Å². The Balaban J connectivity index is 2.12. The molecular weight excluding hydrogens is 306 g/mol. The third kappa shape index (κ3) is 3.94. The third-order valence-corrected chi connectivity index (χ3v) is 4.17. The number of hydrogen-bond acceptors (Lipinski definition) is 3. The first-order valence-electron chi connectivity index (χ1n) is 6.62. The molecule has 1 aromatic carbocycles. The van der Waals surface area contributed by atoms with Gasteiger partial charge in [0.2, 0.25) is 5.91 Å². The second-order valence-corrected chi connectivity index (χ2v) is 6.07. The molecule has 0 aliphatic heterocycles. The summed E-state index contributed by atoms with van der Waals surface area (Å²) in [4.78, 5) is 13.4. The zero-order valence-corrected chi connectivity index (χ0v) is 12.5. The third-order valence-electron chi connectivity index (χ3n) is 3.68. The molecule has 1 aliphatic rings. The van der Waals surface area contributed by atoms with Crippen molar-refractivity contribution in [3.05, 3.63) is 28.2 Å². The zero-order chi connectivity index (χ0) is 13.8. The van der Waals surface area contributed by atoms with Crippen molar-refractivity contribution < 1.29 is 4.79 Å². The molecule has 104 valence electrons. The standard InChI is InChI=1S/C14H20BrN3O/c15-11-6-5-10(13(16)7-11)8-18(9-14(17)19)12-3-1-2-4-12/h5-7,12H,1-4,8-9,16H2,(H2,17,19). The molecule has 4 N–H and O–H groups in total. The van der Waals surface area contributed by atoms with Crippen LogP contribution in [0.25, 0.3) is 0 Å². The fraction of sp³-hybridized carbons (Fsp3) is 0.500. The monoisotopic (exact) mass is 325 g/mol. The lowest BCUT2D eigenvalue weighted by atomic mass is 10.1. The van der Waals surface area contributed by atoms with Crippen molar-refractivity contribution in [3.63, 3.8) is 0 Å². The van der Waals surface area contributed by atoms with Crippen LogP contribution in [0.1, 0.15) is 31.2 Å². The number of benzene rings is 1. The van der Waals surface area contributed by atoms with Crippen LogP contribution in [0.2, 0.25) is 0 Å². The van der Waals surface area contributed by atoms with Gasteiger partial charge in [-0.15, -0.1) is 0 Å². The van der Waals surface area contributed by atoms with E-state index in [1.54, 1.807) is 0 Å². The van der Waals surface area contributed by atoms with Crippen molar-refractivity contribution in [2.45, 2.75) is 38.3 Å². The van der Waals surface area contributed by atoms with Crippen molar-refractivity contribution in [2.75, 3.05) is 12.3 Å². The van der Waals surface area contributed by atoms with E-state index in [4.69, 9.17) is 11.5 Å². The molecule has 1 amide bonds. The van der Waals surface area contributed by atoms with Gasteiger partial charge in [0, 0.05) is 22.7 Å². The van der Waals surface area contributed by atoms with Crippen LogP contribution in [-0.4, -0.2) is 23.4 Å². The summed E-state index contributed by atoms with van der Waals surface area (Å²) >= 11 is 3.40. The molecule has 1 saturated carbocycles. The number of halogens is 1. The molecule has 0 heterocycles. The number of anilines is 1. The number of nitrogen functional groups attached to an aromatic ring is 1. The number of carbonyl (C=O) groups is 1. The molecule has 1 aliphatic carbocycles. The molecule has 1 fully saturated rings. The van der Waals surface area contributed by atoms with E-state index in [9.17, 15) is 4.79 Å². The summed E-state index contributed by atoms with van der Waals surface area (Å²) in [7, 11) is 0. The van der Waals surface area contributed by atoms with Gasteiger partial charge < -0.3 is 11.5 Å². The van der Waals surface area contributed by atoms with E-state index in [1.807, 2.05) is 18.2 Å². The Bertz CT molecular complexity index is 458. The maximum Gasteiger partial charge on any atom is 0.231 e. The summed E-state index contributed by atoms with van der Waals surface area (Å²) in [6, 6.07) is 6.33. The Morgan fingerprint density at radius 1 is 1.37 bits per heavy atom. The van der Waals surface area contributed by atoms with Crippen molar-refractivity contribution in [2.24, 2.45) is 5.73 Å².